The van der Waals surface area contributed by atoms with Crippen molar-refractivity contribution in [1.82, 2.24) is 14.3 Å². The molecule has 62 heavy (non-hydrogen) atoms. The van der Waals surface area contributed by atoms with Crippen LogP contribution in [-0.4, -0.2) is 58.7 Å². The molecule has 1 rings (SSSR count). The number of nitrogens with zero attached hydrogens (tertiary/aromatic N) is 2. The van der Waals surface area contributed by atoms with Crippen LogP contribution in [-0.2, 0) is 45.3 Å². The van der Waals surface area contributed by atoms with E-state index in [0.717, 1.165) is 23.9 Å². The largest absolute Gasteiger partial charge is 0.454 e. The van der Waals surface area contributed by atoms with E-state index in [1.54, 1.807) is 32.9 Å². The van der Waals surface area contributed by atoms with E-state index in [1.165, 1.54) is 13.0 Å². The number of sulfonamides is 1. The molecule has 0 aliphatic rings. The summed E-state index contributed by atoms with van der Waals surface area (Å²) < 4.78 is 31.1. The molecule has 1 heterocycles. The number of hydrogen-bond donors (Lipinski definition) is 1. The van der Waals surface area contributed by atoms with E-state index in [1.807, 2.05) is 95.5 Å². The van der Waals surface area contributed by atoms with E-state index in [9.17, 15) is 32.4 Å². The van der Waals surface area contributed by atoms with Crippen LogP contribution >= 0.6 is 0 Å². The van der Waals surface area contributed by atoms with Crippen molar-refractivity contribution in [3.8, 4) is 12.3 Å². The summed E-state index contributed by atoms with van der Waals surface area (Å²) in [4.78, 5) is 57.8. The average molecular weight is 888 g/mol. The lowest BCUT2D eigenvalue weighted by Gasteiger charge is -2.26. The molecule has 0 aliphatic heterocycles. The zero-order valence-electron chi connectivity index (χ0n) is 42.1. The number of carbonyl (C=O) groups excluding carboxylic acids is 5. The maximum Gasteiger partial charge on any atom is 0.330 e. The molecule has 1 aromatic heterocycles. The number of aromatic nitrogens is 2. The normalized spacial score (nSPS) is 11.8. The summed E-state index contributed by atoms with van der Waals surface area (Å²) >= 11 is 0. The molecular formula is C50H85N3O8S. The monoisotopic (exact) mass is 888 g/mol. The second-order valence-corrected chi connectivity index (χ2v) is 22.8. The van der Waals surface area contributed by atoms with Gasteiger partial charge >= 0.3 is 5.97 Å². The number of allylic oxidation sites excluding steroid dienone is 1. The average Bonchev–Trinajstić information content (AvgIpc) is 3.50. The molecule has 0 radical (unpaired) electrons. The molecule has 1 atom stereocenters. The van der Waals surface area contributed by atoms with E-state index in [4.69, 9.17) is 11.2 Å². The summed E-state index contributed by atoms with van der Waals surface area (Å²) in [6, 6.07) is 0. The van der Waals surface area contributed by atoms with Gasteiger partial charge in [-0.15, -0.1) is 6.42 Å². The Morgan fingerprint density at radius 2 is 1.26 bits per heavy atom. The molecule has 0 aromatic carbocycles. The van der Waals surface area contributed by atoms with Gasteiger partial charge in [0.2, 0.25) is 15.8 Å². The minimum absolute atomic E-state index is 0.0139. The van der Waals surface area contributed by atoms with Crippen LogP contribution in [0.2, 0.25) is 0 Å². The van der Waals surface area contributed by atoms with Crippen molar-refractivity contribution in [1.29, 1.82) is 0 Å². The highest BCUT2D eigenvalue weighted by atomic mass is 32.2. The van der Waals surface area contributed by atoms with Crippen LogP contribution in [0.5, 0.6) is 0 Å². The number of terminal acetylenes is 1. The predicted molar refractivity (Wildman–Crippen MR) is 260 cm³/mol. The van der Waals surface area contributed by atoms with Gasteiger partial charge in [0.05, 0.1) is 6.42 Å². The molecule has 0 aliphatic carbocycles. The Balaban J connectivity index is -0.000000211. The van der Waals surface area contributed by atoms with Crippen molar-refractivity contribution in [2.45, 2.75) is 169 Å². The molecule has 0 bridgehead atoms. The molecule has 1 N–H and O–H groups in total. The second-order valence-electron chi connectivity index (χ2n) is 21.2. The van der Waals surface area contributed by atoms with E-state index >= 15 is 0 Å². The van der Waals surface area contributed by atoms with Gasteiger partial charge in [-0.1, -0.05) is 143 Å². The molecule has 1 aromatic rings. The van der Waals surface area contributed by atoms with Crippen LogP contribution in [0.3, 0.4) is 0 Å². The van der Waals surface area contributed by atoms with Crippen LogP contribution in [0.4, 0.5) is 0 Å². The molecule has 0 amide bonds. The Morgan fingerprint density at radius 3 is 1.47 bits per heavy atom. The number of Topliss-reactive ketones (excluding diaryl/α,β-unsaturated/α-hetero) is 3. The van der Waals surface area contributed by atoms with Gasteiger partial charge in [-0.3, -0.25) is 19.2 Å². The fourth-order valence-electron chi connectivity index (χ4n) is 3.99. The van der Waals surface area contributed by atoms with Gasteiger partial charge in [-0.25, -0.2) is 22.9 Å². The Hall–Kier alpha value is -4.47. The Morgan fingerprint density at radius 1 is 0.790 bits per heavy atom. The summed E-state index contributed by atoms with van der Waals surface area (Å²) in [5, 5.41) is 0.901. The quantitative estimate of drug-likeness (QED) is 0.0538. The Kier molecular flexibility index (Phi) is 32.0. The third-order valence-corrected chi connectivity index (χ3v) is 8.09. The third-order valence-electron chi connectivity index (χ3n) is 6.75. The number of ether oxygens (including phenoxy) is 1. The zero-order chi connectivity index (χ0) is 50.7. The SMILES string of the molecule is C#CC(=O)CC(C)(C)C.C=CC(=O)CC(C)(C)C.C=CC(=O)OC(C=C)C(C)(C)C.C=CS(=O)(=O)NC(C)(C)C.C=Cc1nccn1CC(C)(C)C.CC(=O)CC(=O)C(C)(C)C. The summed E-state index contributed by atoms with van der Waals surface area (Å²) in [6.45, 7) is 55.0. The highest BCUT2D eigenvalue weighted by Gasteiger charge is 2.25. The first-order valence-electron chi connectivity index (χ1n) is 20.4. The van der Waals surface area contributed by atoms with Gasteiger partial charge in [0, 0.05) is 59.6 Å². The zero-order valence-corrected chi connectivity index (χ0v) is 42.9. The van der Waals surface area contributed by atoms with Gasteiger partial charge in [0.25, 0.3) is 0 Å². The van der Waals surface area contributed by atoms with Crippen molar-refractivity contribution >= 4 is 45.2 Å². The standard InChI is InChI=1S/C10H16N2.C10H16O2.C8H14O2.C8H14O.C8H12O.C6H13NO2S/c1-5-9-11-6-7-12(9)8-10(2,3)4;1-6-8(10(3,4)5)12-9(11)7-2;1-6(9)5-7(10)8(2,3)4;2*1-5-7(9)6-8(2,3)4;1-5-10(8,9)7-6(2,3)4/h5-7H,1,8H2,2-4H3;6-8H,1-2H2,3-5H3;5H2,1-4H3;5H,1,6H2,2-4H3;1H,6H2,2-4H3;5,7H,1H2,2-4H3. The van der Waals surface area contributed by atoms with Gasteiger partial charge < -0.3 is 9.30 Å². The van der Waals surface area contributed by atoms with Crippen LogP contribution in [0, 0.1) is 39.4 Å². The number of ketones is 4. The molecule has 354 valence electrons. The Labute approximate surface area is 378 Å². The molecule has 12 heteroatoms. The highest BCUT2D eigenvalue weighted by molar-refractivity contribution is 7.92. The summed E-state index contributed by atoms with van der Waals surface area (Å²) in [6.07, 6.45) is 15.5. The first-order chi connectivity index (χ1) is 27.5. The summed E-state index contributed by atoms with van der Waals surface area (Å²) in [5.74, 6) is 2.60. The van der Waals surface area contributed by atoms with Gasteiger partial charge in [-0.05, 0) is 62.0 Å². The van der Waals surface area contributed by atoms with Gasteiger partial charge in [0.1, 0.15) is 23.5 Å². The molecular weight excluding hydrogens is 803 g/mol. The maximum absolute atomic E-state index is 11.1. The highest BCUT2D eigenvalue weighted by Crippen LogP contribution is 2.23. The van der Waals surface area contributed by atoms with Gasteiger partial charge in [0.15, 0.2) is 5.78 Å². The lowest BCUT2D eigenvalue weighted by atomic mass is 9.88. The molecule has 0 saturated carbocycles. The van der Waals surface area contributed by atoms with E-state index in [-0.39, 0.29) is 57.3 Å². The fraction of sp³-hybridized carbons (Fsp3) is 0.600. The van der Waals surface area contributed by atoms with Crippen LogP contribution in [0.1, 0.15) is 157 Å². The second kappa shape index (κ2) is 29.8. The van der Waals surface area contributed by atoms with Crippen molar-refractivity contribution < 1.29 is 37.1 Å². The minimum atomic E-state index is -3.26. The number of hydrogen-bond acceptors (Lipinski definition) is 9. The summed E-state index contributed by atoms with van der Waals surface area (Å²) in [5.41, 5.74) is -0.480. The Bertz CT molecular complexity index is 1750. The first-order valence-corrected chi connectivity index (χ1v) is 21.9. The number of imidazole rings is 1. The third kappa shape index (κ3) is 46.6. The van der Waals surface area contributed by atoms with Crippen molar-refractivity contribution in [3.63, 3.8) is 0 Å². The predicted octanol–water partition coefficient (Wildman–Crippen LogP) is 11.1. The summed E-state index contributed by atoms with van der Waals surface area (Å²) in [7, 11) is -3.26. The van der Waals surface area contributed by atoms with Crippen LogP contribution in [0.25, 0.3) is 6.08 Å². The molecule has 0 saturated heterocycles. The minimum Gasteiger partial charge on any atom is -0.454 e. The lowest BCUT2D eigenvalue weighted by Crippen LogP contribution is -2.39. The molecule has 1 unspecified atom stereocenters. The van der Waals surface area contributed by atoms with Crippen LogP contribution < -0.4 is 4.72 Å². The molecule has 11 nitrogen and oxygen atoms in total. The van der Waals surface area contributed by atoms with Crippen molar-refractivity contribution in [2.24, 2.45) is 27.1 Å². The maximum atomic E-state index is 11.1. The molecule has 0 spiro atoms. The first kappa shape index (κ1) is 66.6. The molecule has 0 fully saturated rings. The van der Waals surface area contributed by atoms with Crippen molar-refractivity contribution in [2.75, 3.05) is 0 Å². The topological polar surface area (TPSA) is 159 Å². The number of esters is 1. The smallest absolute Gasteiger partial charge is 0.330 e. The number of rotatable bonds is 12. The fourth-order valence-corrected chi connectivity index (χ4v) is 4.93. The van der Waals surface area contributed by atoms with E-state index in [0.29, 0.717) is 18.3 Å². The van der Waals surface area contributed by atoms with E-state index < -0.39 is 21.5 Å². The number of nitrogens with one attached hydrogen (secondary N) is 1. The van der Waals surface area contributed by atoms with Crippen LogP contribution in [0.15, 0.2) is 68.9 Å². The number of carbonyl (C=O) groups is 5. The van der Waals surface area contributed by atoms with E-state index in [2.05, 4.69) is 73.9 Å². The van der Waals surface area contributed by atoms with Gasteiger partial charge in [-0.2, -0.15) is 0 Å². The lowest BCUT2D eigenvalue weighted by molar-refractivity contribution is -0.145. The van der Waals surface area contributed by atoms with Crippen molar-refractivity contribution in [3.05, 3.63) is 74.7 Å².